The maximum absolute atomic E-state index is 12.6. The highest BCUT2D eigenvalue weighted by Crippen LogP contribution is 2.41. The topological polar surface area (TPSA) is 69.0 Å². The number of anilines is 1. The number of hydrogen-bond donors (Lipinski definition) is 1. The highest BCUT2D eigenvalue weighted by molar-refractivity contribution is 7.20. The minimum Gasteiger partial charge on any atom is -0.494 e. The number of nitrogens with one attached hydrogen (secondary N) is 1. The minimum absolute atomic E-state index is 0.0121. The van der Waals surface area contributed by atoms with Crippen LogP contribution in [-0.4, -0.2) is 27.3 Å². The fourth-order valence-corrected chi connectivity index (χ4v) is 5.12. The lowest BCUT2D eigenvalue weighted by atomic mass is 9.86. The smallest absolute Gasteiger partial charge is 0.226 e. The third-order valence-electron chi connectivity index (χ3n) is 5.57. The quantitative estimate of drug-likeness (QED) is 0.461. The normalized spacial score (nSPS) is 15.7. The number of hydrogen-bond acceptors (Lipinski definition) is 5. The van der Waals surface area contributed by atoms with E-state index in [1.807, 2.05) is 25.1 Å². The van der Waals surface area contributed by atoms with Gasteiger partial charge in [0.25, 0.3) is 0 Å². The molecule has 0 unspecified atom stereocenters. The van der Waals surface area contributed by atoms with Gasteiger partial charge >= 0.3 is 0 Å². The Balaban J connectivity index is 1.56. The highest BCUT2D eigenvalue weighted by Gasteiger charge is 2.33. The van der Waals surface area contributed by atoms with E-state index in [4.69, 9.17) is 14.8 Å². The number of ether oxygens (including phenoxy) is 1. The average Bonchev–Trinajstić information content (AvgIpc) is 3.32. The van der Waals surface area contributed by atoms with Crippen LogP contribution in [-0.2, 0) is 4.79 Å². The zero-order valence-corrected chi connectivity index (χ0v) is 18.6. The van der Waals surface area contributed by atoms with E-state index < -0.39 is 0 Å². The van der Waals surface area contributed by atoms with Gasteiger partial charge in [0.15, 0.2) is 0 Å². The molecule has 0 saturated carbocycles. The monoisotopic (exact) mass is 432 g/mol. The second kappa shape index (κ2) is 7.81. The molecule has 0 spiro atoms. The lowest BCUT2D eigenvalue weighted by Crippen LogP contribution is -2.24. The lowest BCUT2D eigenvalue weighted by molar-refractivity contribution is -0.116. The summed E-state index contributed by atoms with van der Waals surface area (Å²) in [6, 6.07) is 14.3. The van der Waals surface area contributed by atoms with Crippen LogP contribution in [0.3, 0.4) is 0 Å². The Bertz CT molecular complexity index is 1270. The molecule has 3 heterocycles. The zero-order valence-electron chi connectivity index (χ0n) is 17.8. The molecule has 1 amide bonds. The summed E-state index contributed by atoms with van der Waals surface area (Å²) in [5.74, 6) is 1.51. The molecule has 1 N–H and O–H groups in total. The number of nitrogens with zero attached hydrogens (tertiary/aromatic N) is 3. The van der Waals surface area contributed by atoms with Gasteiger partial charge in [-0.15, -0.1) is 0 Å². The van der Waals surface area contributed by atoms with Gasteiger partial charge in [0.05, 0.1) is 22.5 Å². The summed E-state index contributed by atoms with van der Waals surface area (Å²) in [5.41, 5.74) is 5.18. The van der Waals surface area contributed by atoms with E-state index in [1.165, 1.54) is 5.56 Å². The van der Waals surface area contributed by atoms with E-state index in [1.54, 1.807) is 16.0 Å². The standard InChI is InChI=1S/C24H24N4O2S/c1-4-11-30-17-8-6-16(7-9-17)18-13-21(29)26-23-22(18)15(3)27-28(23)24-25-19-10-5-14(2)12-20(19)31-24/h5-10,12,18H,4,11,13H2,1-3H3,(H,26,29)/t18-/m0/s1. The van der Waals surface area contributed by atoms with E-state index in [9.17, 15) is 4.79 Å². The second-order valence-corrected chi connectivity index (χ2v) is 8.96. The van der Waals surface area contributed by atoms with Crippen molar-refractivity contribution in [2.45, 2.75) is 39.5 Å². The van der Waals surface area contributed by atoms with Gasteiger partial charge in [-0.05, 0) is 55.7 Å². The molecule has 6 nitrogen and oxygen atoms in total. The second-order valence-electron chi connectivity index (χ2n) is 7.95. The molecule has 0 saturated heterocycles. The Morgan fingerprint density at radius 2 is 2.00 bits per heavy atom. The number of aromatic nitrogens is 3. The van der Waals surface area contributed by atoms with Gasteiger partial charge in [0.2, 0.25) is 11.0 Å². The predicted octanol–water partition coefficient (Wildman–Crippen LogP) is 5.36. The molecule has 0 bridgehead atoms. The third-order valence-corrected chi connectivity index (χ3v) is 6.57. The minimum atomic E-state index is -0.0469. The number of benzene rings is 2. The van der Waals surface area contributed by atoms with E-state index in [-0.39, 0.29) is 11.8 Å². The van der Waals surface area contributed by atoms with E-state index in [0.29, 0.717) is 13.0 Å². The molecule has 0 aliphatic carbocycles. The molecule has 5 rings (SSSR count). The first-order valence-corrected chi connectivity index (χ1v) is 11.3. The van der Waals surface area contributed by atoms with Gasteiger partial charge in [-0.25, -0.2) is 4.98 Å². The number of thiazole rings is 1. The van der Waals surface area contributed by atoms with Gasteiger partial charge in [-0.1, -0.05) is 36.5 Å². The summed E-state index contributed by atoms with van der Waals surface area (Å²) < 4.78 is 8.60. The Morgan fingerprint density at radius 3 is 2.77 bits per heavy atom. The van der Waals surface area contributed by atoms with Crippen LogP contribution in [0.25, 0.3) is 15.3 Å². The van der Waals surface area contributed by atoms with Crippen LogP contribution in [0.4, 0.5) is 5.82 Å². The summed E-state index contributed by atoms with van der Waals surface area (Å²) in [6.07, 6.45) is 1.37. The first kappa shape index (κ1) is 19.8. The molecule has 7 heteroatoms. The van der Waals surface area contributed by atoms with Crippen LogP contribution in [0.5, 0.6) is 5.75 Å². The lowest BCUT2D eigenvalue weighted by Gasteiger charge is -2.24. The Kier molecular flexibility index (Phi) is 4.98. The summed E-state index contributed by atoms with van der Waals surface area (Å²) >= 11 is 1.58. The number of aryl methyl sites for hydroxylation is 2. The Labute approximate surface area is 184 Å². The van der Waals surface area contributed by atoms with Crippen molar-refractivity contribution in [1.82, 2.24) is 14.8 Å². The van der Waals surface area contributed by atoms with Gasteiger partial charge in [0.1, 0.15) is 11.6 Å². The van der Waals surface area contributed by atoms with Crippen LogP contribution in [0.2, 0.25) is 0 Å². The van der Waals surface area contributed by atoms with Crippen LogP contribution in [0, 0.1) is 13.8 Å². The maximum Gasteiger partial charge on any atom is 0.226 e. The van der Waals surface area contributed by atoms with Gasteiger partial charge in [-0.3, -0.25) is 4.79 Å². The highest BCUT2D eigenvalue weighted by atomic mass is 32.1. The number of amides is 1. The van der Waals surface area contributed by atoms with Crippen molar-refractivity contribution >= 4 is 33.3 Å². The van der Waals surface area contributed by atoms with Gasteiger partial charge in [0, 0.05) is 17.9 Å². The maximum atomic E-state index is 12.6. The molecule has 4 aromatic rings. The van der Waals surface area contributed by atoms with Crippen LogP contribution >= 0.6 is 11.3 Å². The van der Waals surface area contributed by atoms with Crippen molar-refractivity contribution in [3.05, 3.63) is 64.8 Å². The molecule has 1 atom stereocenters. The predicted molar refractivity (Wildman–Crippen MR) is 124 cm³/mol. The number of carbonyl (C=O) groups excluding carboxylic acids is 1. The molecule has 0 radical (unpaired) electrons. The van der Waals surface area contributed by atoms with Crippen molar-refractivity contribution in [3.8, 4) is 10.9 Å². The molecule has 1 aliphatic rings. The van der Waals surface area contributed by atoms with Crippen LogP contribution in [0.1, 0.15) is 48.1 Å². The first-order chi connectivity index (χ1) is 15.0. The molecule has 158 valence electrons. The van der Waals surface area contributed by atoms with Crippen LogP contribution in [0.15, 0.2) is 42.5 Å². The molecule has 1 aliphatic heterocycles. The number of fused-ring (bicyclic) bond motifs is 2. The van der Waals surface area contributed by atoms with Crippen LogP contribution < -0.4 is 10.1 Å². The summed E-state index contributed by atoms with van der Waals surface area (Å²) in [7, 11) is 0. The fourth-order valence-electron chi connectivity index (χ4n) is 4.10. The molecular weight excluding hydrogens is 408 g/mol. The first-order valence-electron chi connectivity index (χ1n) is 10.5. The SMILES string of the molecule is CCCOc1ccc([C@@H]2CC(=O)Nc3c2c(C)nn3-c2nc3ccc(C)cc3s2)cc1. The van der Waals surface area contributed by atoms with Gasteiger partial charge < -0.3 is 10.1 Å². The summed E-state index contributed by atoms with van der Waals surface area (Å²) in [5, 5.41) is 8.58. The van der Waals surface area contributed by atoms with Crippen molar-refractivity contribution in [1.29, 1.82) is 0 Å². The van der Waals surface area contributed by atoms with Crippen molar-refractivity contribution < 1.29 is 9.53 Å². The number of rotatable bonds is 5. The van der Waals surface area contributed by atoms with E-state index in [0.717, 1.165) is 50.2 Å². The van der Waals surface area contributed by atoms with Crippen molar-refractivity contribution in [2.75, 3.05) is 11.9 Å². The Hall–Kier alpha value is -3.19. The van der Waals surface area contributed by atoms with Gasteiger partial charge in [-0.2, -0.15) is 9.78 Å². The van der Waals surface area contributed by atoms with E-state index in [2.05, 4.69) is 43.4 Å². The summed E-state index contributed by atoms with van der Waals surface area (Å²) in [6.45, 7) is 6.85. The zero-order chi connectivity index (χ0) is 21.5. The fraction of sp³-hybridized carbons (Fsp3) is 0.292. The summed E-state index contributed by atoms with van der Waals surface area (Å²) in [4.78, 5) is 17.4. The molecule has 2 aromatic carbocycles. The van der Waals surface area contributed by atoms with E-state index >= 15 is 0 Å². The average molecular weight is 433 g/mol. The number of carbonyl (C=O) groups is 1. The molecule has 2 aromatic heterocycles. The van der Waals surface area contributed by atoms with Crippen molar-refractivity contribution in [3.63, 3.8) is 0 Å². The molecule has 31 heavy (non-hydrogen) atoms. The molecule has 0 fully saturated rings. The van der Waals surface area contributed by atoms with Crippen molar-refractivity contribution in [2.24, 2.45) is 0 Å². The Morgan fingerprint density at radius 1 is 1.19 bits per heavy atom. The largest absolute Gasteiger partial charge is 0.494 e. The molecular formula is C24H24N4O2S. The third kappa shape index (κ3) is 3.59.